The van der Waals surface area contributed by atoms with E-state index in [2.05, 4.69) is 10.3 Å². The topological polar surface area (TPSA) is 77.5 Å². The molecular formula is C17H18N2O4S. The van der Waals surface area contributed by atoms with Gasteiger partial charge in [-0.3, -0.25) is 4.79 Å². The Morgan fingerprint density at radius 2 is 2.21 bits per heavy atom. The highest BCUT2D eigenvalue weighted by atomic mass is 32.1. The number of carbonyl (C=O) groups excluding carboxylic acids is 2. The van der Waals surface area contributed by atoms with E-state index in [-0.39, 0.29) is 11.8 Å². The molecule has 0 saturated carbocycles. The summed E-state index contributed by atoms with van der Waals surface area (Å²) in [5.41, 5.74) is 1.57. The number of aryl methyl sites for hydroxylation is 1. The maximum Gasteiger partial charge on any atom is 0.350 e. The molecule has 1 atom stereocenters. The zero-order chi connectivity index (χ0) is 17.1. The van der Waals surface area contributed by atoms with Gasteiger partial charge in [-0.2, -0.15) is 0 Å². The molecular weight excluding hydrogens is 328 g/mol. The first-order chi connectivity index (χ1) is 11.6. The molecule has 0 saturated heterocycles. The molecule has 0 fully saturated rings. The van der Waals surface area contributed by atoms with Crippen LogP contribution >= 0.6 is 11.3 Å². The summed E-state index contributed by atoms with van der Waals surface area (Å²) < 4.78 is 10.6. The van der Waals surface area contributed by atoms with E-state index in [0.29, 0.717) is 35.3 Å². The Bertz CT molecular complexity index is 772. The molecule has 24 heavy (non-hydrogen) atoms. The fraction of sp³-hybridized carbons (Fsp3) is 0.353. The summed E-state index contributed by atoms with van der Waals surface area (Å²) in [4.78, 5) is 28.9. The number of nitrogens with one attached hydrogen (secondary N) is 1. The van der Waals surface area contributed by atoms with E-state index >= 15 is 0 Å². The Morgan fingerprint density at radius 1 is 1.42 bits per heavy atom. The highest BCUT2D eigenvalue weighted by molar-refractivity contribution is 7.17. The van der Waals surface area contributed by atoms with Gasteiger partial charge in [0.15, 0.2) is 5.13 Å². The summed E-state index contributed by atoms with van der Waals surface area (Å²) in [7, 11) is 0. The number of rotatable bonds is 4. The minimum absolute atomic E-state index is 0.159. The summed E-state index contributed by atoms with van der Waals surface area (Å²) >= 11 is 1.13. The lowest BCUT2D eigenvalue weighted by atomic mass is 9.96. The molecule has 1 aliphatic rings. The number of anilines is 1. The summed E-state index contributed by atoms with van der Waals surface area (Å²) in [5.74, 6) is -0.0250. The second-order valence-corrected chi connectivity index (χ2v) is 6.46. The number of ether oxygens (including phenoxy) is 2. The molecule has 7 heteroatoms. The number of thiazole rings is 1. The minimum atomic E-state index is -0.414. The Balaban J connectivity index is 1.68. The second kappa shape index (κ2) is 7.00. The predicted octanol–water partition coefficient (Wildman–Crippen LogP) is 2.82. The Morgan fingerprint density at radius 3 is 3.00 bits per heavy atom. The molecule has 2 heterocycles. The van der Waals surface area contributed by atoms with Gasteiger partial charge in [0.2, 0.25) is 5.91 Å². The quantitative estimate of drug-likeness (QED) is 0.862. The lowest BCUT2D eigenvalue weighted by molar-refractivity contribution is -0.121. The molecule has 1 amide bonds. The van der Waals surface area contributed by atoms with Crippen LogP contribution < -0.4 is 10.1 Å². The summed E-state index contributed by atoms with van der Waals surface area (Å²) in [5, 5.41) is 3.18. The number of benzene rings is 1. The smallest absolute Gasteiger partial charge is 0.350 e. The van der Waals surface area contributed by atoms with Crippen molar-refractivity contribution in [2.75, 3.05) is 18.5 Å². The lowest BCUT2D eigenvalue weighted by Gasteiger charge is -2.24. The number of hydrogen-bond donors (Lipinski definition) is 1. The Hall–Kier alpha value is -2.41. The van der Waals surface area contributed by atoms with Crippen LogP contribution in [0.1, 0.15) is 27.9 Å². The van der Waals surface area contributed by atoms with E-state index in [0.717, 1.165) is 22.6 Å². The van der Waals surface area contributed by atoms with Gasteiger partial charge in [-0.1, -0.05) is 29.5 Å². The summed E-state index contributed by atoms with van der Waals surface area (Å²) in [6.45, 7) is 4.10. The maximum atomic E-state index is 12.5. The standard InChI is InChI=1S/C17H18N2O4S/c1-3-22-16(21)14-10(2)18-17(24-14)19-15(20)12-8-11-6-4-5-7-13(11)23-9-12/h4-7,12H,3,8-9H2,1-2H3,(H,18,19,20)/t12-/m1/s1. The normalized spacial score (nSPS) is 16.0. The molecule has 1 aromatic carbocycles. The van der Waals surface area contributed by atoms with Crippen molar-refractivity contribution in [2.24, 2.45) is 5.92 Å². The van der Waals surface area contributed by atoms with Crippen molar-refractivity contribution in [1.29, 1.82) is 0 Å². The predicted molar refractivity (Wildman–Crippen MR) is 90.6 cm³/mol. The van der Waals surface area contributed by atoms with Gasteiger partial charge in [0.05, 0.1) is 18.2 Å². The van der Waals surface area contributed by atoms with Crippen LogP contribution in [0.4, 0.5) is 5.13 Å². The third kappa shape index (κ3) is 3.41. The first-order valence-corrected chi connectivity index (χ1v) is 8.56. The SMILES string of the molecule is CCOC(=O)c1sc(NC(=O)[C@H]2COc3ccccc3C2)nc1C. The van der Waals surface area contributed by atoms with Gasteiger partial charge in [0, 0.05) is 0 Å². The average molecular weight is 346 g/mol. The number of nitrogens with zero attached hydrogens (tertiary/aromatic N) is 1. The van der Waals surface area contributed by atoms with Crippen molar-refractivity contribution in [3.8, 4) is 5.75 Å². The van der Waals surface area contributed by atoms with Crippen molar-refractivity contribution in [2.45, 2.75) is 20.3 Å². The van der Waals surface area contributed by atoms with Gasteiger partial charge in [-0.15, -0.1) is 0 Å². The highest BCUT2D eigenvalue weighted by Gasteiger charge is 2.27. The number of para-hydroxylation sites is 1. The monoisotopic (exact) mass is 346 g/mol. The van der Waals surface area contributed by atoms with Gasteiger partial charge in [0.1, 0.15) is 17.2 Å². The van der Waals surface area contributed by atoms with Crippen LogP contribution in [0.25, 0.3) is 0 Å². The van der Waals surface area contributed by atoms with Gasteiger partial charge < -0.3 is 14.8 Å². The summed E-state index contributed by atoms with van der Waals surface area (Å²) in [6, 6.07) is 7.70. The zero-order valence-electron chi connectivity index (χ0n) is 13.5. The van der Waals surface area contributed by atoms with E-state index in [1.807, 2.05) is 24.3 Å². The van der Waals surface area contributed by atoms with Crippen LogP contribution in [0, 0.1) is 12.8 Å². The number of carbonyl (C=O) groups is 2. The Labute approximate surface area is 143 Å². The molecule has 0 spiro atoms. The van der Waals surface area contributed by atoms with Crippen molar-refractivity contribution in [3.05, 3.63) is 40.4 Å². The van der Waals surface area contributed by atoms with E-state index in [9.17, 15) is 9.59 Å². The molecule has 6 nitrogen and oxygen atoms in total. The largest absolute Gasteiger partial charge is 0.492 e. The molecule has 3 rings (SSSR count). The van der Waals surface area contributed by atoms with E-state index in [1.54, 1.807) is 13.8 Å². The zero-order valence-corrected chi connectivity index (χ0v) is 14.3. The lowest BCUT2D eigenvalue weighted by Crippen LogP contribution is -2.32. The number of aromatic nitrogens is 1. The fourth-order valence-electron chi connectivity index (χ4n) is 2.54. The van der Waals surface area contributed by atoms with Crippen LogP contribution in [0.2, 0.25) is 0 Å². The summed E-state index contributed by atoms with van der Waals surface area (Å²) in [6.07, 6.45) is 0.622. The minimum Gasteiger partial charge on any atom is -0.492 e. The van der Waals surface area contributed by atoms with Crippen LogP contribution in [0.15, 0.2) is 24.3 Å². The number of amides is 1. The van der Waals surface area contributed by atoms with Crippen LogP contribution in [-0.2, 0) is 16.0 Å². The van der Waals surface area contributed by atoms with Gasteiger partial charge in [-0.05, 0) is 31.9 Å². The molecule has 0 aliphatic carbocycles. The van der Waals surface area contributed by atoms with E-state index < -0.39 is 5.97 Å². The third-order valence-corrected chi connectivity index (χ3v) is 4.79. The highest BCUT2D eigenvalue weighted by Crippen LogP contribution is 2.28. The number of fused-ring (bicyclic) bond motifs is 1. The van der Waals surface area contributed by atoms with Crippen LogP contribution in [0.5, 0.6) is 5.75 Å². The Kier molecular flexibility index (Phi) is 4.80. The van der Waals surface area contributed by atoms with Gasteiger partial charge in [0.25, 0.3) is 0 Å². The second-order valence-electron chi connectivity index (χ2n) is 5.46. The molecule has 0 bridgehead atoms. The van der Waals surface area contributed by atoms with Gasteiger partial charge >= 0.3 is 5.97 Å². The van der Waals surface area contributed by atoms with Gasteiger partial charge in [-0.25, -0.2) is 9.78 Å². The van der Waals surface area contributed by atoms with E-state index in [4.69, 9.17) is 9.47 Å². The molecule has 1 N–H and O–H groups in total. The third-order valence-electron chi connectivity index (χ3n) is 3.74. The van der Waals surface area contributed by atoms with Crippen molar-refractivity contribution >= 4 is 28.3 Å². The molecule has 0 unspecified atom stereocenters. The van der Waals surface area contributed by atoms with Crippen molar-refractivity contribution in [1.82, 2.24) is 4.98 Å². The molecule has 0 radical (unpaired) electrons. The molecule has 1 aliphatic heterocycles. The van der Waals surface area contributed by atoms with Crippen molar-refractivity contribution < 1.29 is 19.1 Å². The first-order valence-electron chi connectivity index (χ1n) is 7.74. The van der Waals surface area contributed by atoms with Crippen LogP contribution in [-0.4, -0.2) is 30.1 Å². The van der Waals surface area contributed by atoms with E-state index in [1.165, 1.54) is 0 Å². The maximum absolute atomic E-state index is 12.5. The fourth-order valence-corrected chi connectivity index (χ4v) is 3.40. The van der Waals surface area contributed by atoms with Crippen molar-refractivity contribution in [3.63, 3.8) is 0 Å². The molecule has 2 aromatic rings. The average Bonchev–Trinajstić information content (AvgIpc) is 2.95. The first kappa shape index (κ1) is 16.4. The number of hydrogen-bond acceptors (Lipinski definition) is 6. The van der Waals surface area contributed by atoms with Crippen LogP contribution in [0.3, 0.4) is 0 Å². The number of esters is 1. The molecule has 1 aromatic heterocycles. The molecule has 126 valence electrons.